The molecule has 1 aliphatic rings. The summed E-state index contributed by atoms with van der Waals surface area (Å²) in [6.07, 6.45) is 0.816. The first kappa shape index (κ1) is 13.9. The molecular formula is C15H9BrCl2O2. The van der Waals surface area contributed by atoms with Crippen molar-refractivity contribution in [3.63, 3.8) is 0 Å². The summed E-state index contributed by atoms with van der Waals surface area (Å²) in [4.78, 5) is 12.6. The number of hydrogen-bond donors (Lipinski definition) is 0. The van der Waals surface area contributed by atoms with E-state index in [0.717, 1.165) is 16.5 Å². The summed E-state index contributed by atoms with van der Waals surface area (Å²) >= 11 is 15.3. The number of hydrogen-bond acceptors (Lipinski definition) is 2. The van der Waals surface area contributed by atoms with Gasteiger partial charge in [-0.05, 0) is 35.9 Å². The summed E-state index contributed by atoms with van der Waals surface area (Å²) in [7, 11) is 0. The van der Waals surface area contributed by atoms with Crippen molar-refractivity contribution < 1.29 is 9.53 Å². The van der Waals surface area contributed by atoms with Crippen LogP contribution in [0.25, 0.3) is 0 Å². The smallest absolute Gasteiger partial charge is 0.196 e. The first-order valence-electron chi connectivity index (χ1n) is 6.01. The molecule has 2 nitrogen and oxygen atoms in total. The standard InChI is InChI=1S/C15H9BrCl2O2/c16-10-5-9-3-4-20-15(9)11(7-10)14(19)8-1-2-12(17)13(18)6-8/h1-2,5-7H,3-4H2. The molecule has 0 fully saturated rings. The van der Waals surface area contributed by atoms with Gasteiger partial charge in [-0.1, -0.05) is 39.1 Å². The van der Waals surface area contributed by atoms with Crippen LogP contribution in [0.4, 0.5) is 0 Å². The van der Waals surface area contributed by atoms with Gasteiger partial charge in [0.25, 0.3) is 0 Å². The minimum atomic E-state index is -0.122. The van der Waals surface area contributed by atoms with E-state index < -0.39 is 0 Å². The number of fused-ring (bicyclic) bond motifs is 1. The van der Waals surface area contributed by atoms with Gasteiger partial charge >= 0.3 is 0 Å². The van der Waals surface area contributed by atoms with E-state index in [-0.39, 0.29) is 5.78 Å². The van der Waals surface area contributed by atoms with Gasteiger partial charge in [0.1, 0.15) is 5.75 Å². The van der Waals surface area contributed by atoms with Gasteiger partial charge in [0.2, 0.25) is 0 Å². The average Bonchev–Trinajstić information content (AvgIpc) is 2.88. The maximum absolute atomic E-state index is 12.6. The second-order valence-corrected chi connectivity index (χ2v) is 6.23. The lowest BCUT2D eigenvalue weighted by Gasteiger charge is -2.09. The number of benzene rings is 2. The Hall–Kier alpha value is -1.03. The molecule has 0 aliphatic carbocycles. The fourth-order valence-electron chi connectivity index (χ4n) is 2.23. The van der Waals surface area contributed by atoms with Crippen LogP contribution in [-0.4, -0.2) is 12.4 Å². The van der Waals surface area contributed by atoms with Crippen molar-refractivity contribution in [3.05, 3.63) is 61.5 Å². The van der Waals surface area contributed by atoms with Gasteiger partial charge < -0.3 is 4.74 Å². The van der Waals surface area contributed by atoms with Crippen LogP contribution in [0.3, 0.4) is 0 Å². The molecule has 1 aliphatic heterocycles. The maximum Gasteiger partial charge on any atom is 0.196 e. The lowest BCUT2D eigenvalue weighted by Crippen LogP contribution is -2.04. The predicted molar refractivity (Wildman–Crippen MR) is 83.2 cm³/mol. The van der Waals surface area contributed by atoms with E-state index in [2.05, 4.69) is 15.9 Å². The minimum absolute atomic E-state index is 0.122. The Kier molecular flexibility index (Phi) is 3.76. The van der Waals surface area contributed by atoms with Gasteiger partial charge in [-0.2, -0.15) is 0 Å². The quantitative estimate of drug-likeness (QED) is 0.700. The summed E-state index contributed by atoms with van der Waals surface area (Å²) < 4.78 is 6.45. The van der Waals surface area contributed by atoms with Crippen LogP contribution in [0.15, 0.2) is 34.8 Å². The van der Waals surface area contributed by atoms with Crippen LogP contribution in [-0.2, 0) is 6.42 Å². The molecule has 102 valence electrons. The second kappa shape index (κ2) is 5.40. The highest BCUT2D eigenvalue weighted by Gasteiger charge is 2.23. The number of carbonyl (C=O) groups is 1. The van der Waals surface area contributed by atoms with Crippen molar-refractivity contribution in [1.82, 2.24) is 0 Å². The molecular weight excluding hydrogens is 363 g/mol. The van der Waals surface area contributed by atoms with Crippen LogP contribution in [0.1, 0.15) is 21.5 Å². The second-order valence-electron chi connectivity index (χ2n) is 4.50. The highest BCUT2D eigenvalue weighted by Crippen LogP contribution is 2.35. The van der Waals surface area contributed by atoms with E-state index in [1.807, 2.05) is 6.07 Å². The van der Waals surface area contributed by atoms with Gasteiger partial charge in [0.05, 0.1) is 22.2 Å². The molecule has 0 atom stereocenters. The zero-order chi connectivity index (χ0) is 14.3. The average molecular weight is 372 g/mol. The first-order valence-corrected chi connectivity index (χ1v) is 7.56. The highest BCUT2D eigenvalue weighted by molar-refractivity contribution is 9.10. The highest BCUT2D eigenvalue weighted by atomic mass is 79.9. The van der Waals surface area contributed by atoms with Crippen molar-refractivity contribution >= 4 is 44.9 Å². The van der Waals surface area contributed by atoms with Gasteiger partial charge in [-0.15, -0.1) is 0 Å². The molecule has 1 heterocycles. The SMILES string of the molecule is O=C(c1ccc(Cl)c(Cl)c1)c1cc(Br)cc2c1OCC2. The molecule has 3 rings (SSSR count). The number of ether oxygens (including phenoxy) is 1. The summed E-state index contributed by atoms with van der Waals surface area (Å²) in [5.41, 5.74) is 2.09. The third kappa shape index (κ3) is 2.46. The zero-order valence-corrected chi connectivity index (χ0v) is 13.3. The third-order valence-corrected chi connectivity index (χ3v) is 4.37. The Morgan fingerprint density at radius 2 is 1.95 bits per heavy atom. The Balaban J connectivity index is 2.09. The van der Waals surface area contributed by atoms with E-state index in [9.17, 15) is 4.79 Å². The zero-order valence-electron chi connectivity index (χ0n) is 10.3. The number of ketones is 1. The first-order chi connectivity index (χ1) is 9.56. The van der Waals surface area contributed by atoms with Crippen molar-refractivity contribution in [2.75, 3.05) is 6.61 Å². The van der Waals surface area contributed by atoms with Crippen LogP contribution in [0, 0.1) is 0 Å². The Morgan fingerprint density at radius 3 is 2.70 bits per heavy atom. The molecule has 5 heteroatoms. The van der Waals surface area contributed by atoms with Gasteiger partial charge in [0, 0.05) is 16.5 Å². The molecule has 0 saturated carbocycles. The molecule has 0 unspecified atom stereocenters. The van der Waals surface area contributed by atoms with Gasteiger partial charge in [0.15, 0.2) is 5.78 Å². The fraction of sp³-hybridized carbons (Fsp3) is 0.133. The minimum Gasteiger partial charge on any atom is -0.492 e. The summed E-state index contributed by atoms with van der Waals surface area (Å²) in [6, 6.07) is 8.62. The molecule has 0 radical (unpaired) electrons. The van der Waals surface area contributed by atoms with Crippen molar-refractivity contribution in [2.45, 2.75) is 6.42 Å². The number of halogens is 3. The van der Waals surface area contributed by atoms with E-state index in [4.69, 9.17) is 27.9 Å². The summed E-state index contributed by atoms with van der Waals surface area (Å²) in [6.45, 7) is 0.605. The molecule has 2 aromatic rings. The van der Waals surface area contributed by atoms with Crippen LogP contribution in [0.5, 0.6) is 5.75 Å². The Labute approximate surface area is 134 Å². The predicted octanol–water partition coefficient (Wildman–Crippen LogP) is 4.92. The van der Waals surface area contributed by atoms with E-state index in [1.165, 1.54) is 0 Å². The molecule has 0 saturated heterocycles. The van der Waals surface area contributed by atoms with Crippen molar-refractivity contribution in [2.24, 2.45) is 0 Å². The number of carbonyl (C=O) groups excluding carboxylic acids is 1. The summed E-state index contributed by atoms with van der Waals surface area (Å²) in [5.74, 6) is 0.548. The normalized spacial score (nSPS) is 12.9. The monoisotopic (exact) mass is 370 g/mol. The van der Waals surface area contributed by atoms with E-state index in [0.29, 0.717) is 33.5 Å². The fourth-order valence-corrected chi connectivity index (χ4v) is 3.03. The van der Waals surface area contributed by atoms with Crippen LogP contribution in [0.2, 0.25) is 10.0 Å². The molecule has 0 spiro atoms. The molecule has 0 amide bonds. The third-order valence-electron chi connectivity index (χ3n) is 3.17. The molecule has 20 heavy (non-hydrogen) atoms. The van der Waals surface area contributed by atoms with Gasteiger partial charge in [-0.3, -0.25) is 4.79 Å². The molecule has 0 bridgehead atoms. The van der Waals surface area contributed by atoms with E-state index in [1.54, 1.807) is 24.3 Å². The molecule has 2 aromatic carbocycles. The largest absolute Gasteiger partial charge is 0.492 e. The molecule has 0 N–H and O–H groups in total. The van der Waals surface area contributed by atoms with Crippen LogP contribution < -0.4 is 4.74 Å². The maximum atomic E-state index is 12.6. The van der Waals surface area contributed by atoms with Crippen LogP contribution >= 0.6 is 39.1 Å². The van der Waals surface area contributed by atoms with Crippen molar-refractivity contribution in [1.29, 1.82) is 0 Å². The molecule has 0 aromatic heterocycles. The lowest BCUT2D eigenvalue weighted by molar-refractivity contribution is 0.103. The summed E-state index contributed by atoms with van der Waals surface area (Å²) in [5, 5.41) is 0.795. The Morgan fingerprint density at radius 1 is 1.15 bits per heavy atom. The topological polar surface area (TPSA) is 26.3 Å². The van der Waals surface area contributed by atoms with Gasteiger partial charge in [-0.25, -0.2) is 0 Å². The van der Waals surface area contributed by atoms with Crippen molar-refractivity contribution in [3.8, 4) is 5.75 Å². The van der Waals surface area contributed by atoms with E-state index >= 15 is 0 Å². The lowest BCUT2D eigenvalue weighted by atomic mass is 10.00. The Bertz CT molecular complexity index is 713. The number of rotatable bonds is 2.